The molecule has 3 nitrogen and oxygen atoms in total. The van der Waals surface area contributed by atoms with Gasteiger partial charge in [-0.05, 0) is 24.3 Å². The third-order valence-corrected chi connectivity index (χ3v) is 4.01. The van der Waals surface area contributed by atoms with Crippen molar-refractivity contribution in [1.29, 1.82) is 0 Å². The SMILES string of the molecule is O[C@]1(CNc2ccc(C(F)(F)F)cn2)CCSC1. The number of rotatable bonds is 3. The number of nitrogens with zero attached hydrogens (tertiary/aromatic N) is 1. The molecule has 0 amide bonds. The first-order valence-corrected chi connectivity index (χ1v) is 6.62. The van der Waals surface area contributed by atoms with E-state index in [1.54, 1.807) is 11.8 Å². The number of hydrogen-bond acceptors (Lipinski definition) is 4. The molecule has 0 aromatic carbocycles. The van der Waals surface area contributed by atoms with Crippen LogP contribution in [0.25, 0.3) is 0 Å². The van der Waals surface area contributed by atoms with Crippen LogP contribution in [0.5, 0.6) is 0 Å². The number of aromatic nitrogens is 1. The van der Waals surface area contributed by atoms with Gasteiger partial charge in [0.05, 0.1) is 11.2 Å². The van der Waals surface area contributed by atoms with Crippen LogP contribution in [0.2, 0.25) is 0 Å². The second-order valence-electron chi connectivity index (χ2n) is 4.31. The number of thioether (sulfide) groups is 1. The van der Waals surface area contributed by atoms with Crippen LogP contribution >= 0.6 is 11.8 Å². The zero-order valence-corrected chi connectivity index (χ0v) is 10.3. The van der Waals surface area contributed by atoms with Gasteiger partial charge in [-0.1, -0.05) is 0 Å². The minimum absolute atomic E-state index is 0.304. The molecule has 0 aliphatic carbocycles. The fourth-order valence-electron chi connectivity index (χ4n) is 1.66. The molecule has 100 valence electrons. The van der Waals surface area contributed by atoms with Crippen LogP contribution in [0.15, 0.2) is 18.3 Å². The van der Waals surface area contributed by atoms with Crippen molar-refractivity contribution in [1.82, 2.24) is 4.98 Å². The Labute approximate surface area is 107 Å². The van der Waals surface area contributed by atoms with Crippen molar-refractivity contribution < 1.29 is 18.3 Å². The van der Waals surface area contributed by atoms with E-state index >= 15 is 0 Å². The highest BCUT2D eigenvalue weighted by molar-refractivity contribution is 7.99. The molecule has 2 N–H and O–H groups in total. The summed E-state index contributed by atoms with van der Waals surface area (Å²) in [5, 5.41) is 12.9. The quantitative estimate of drug-likeness (QED) is 0.891. The Morgan fingerprint density at radius 3 is 2.72 bits per heavy atom. The predicted octanol–water partition coefficient (Wildman–Crippen LogP) is 2.38. The molecule has 0 radical (unpaired) electrons. The van der Waals surface area contributed by atoms with Crippen molar-refractivity contribution in [3.63, 3.8) is 0 Å². The molecule has 0 spiro atoms. The maximum atomic E-state index is 12.3. The number of hydrogen-bond donors (Lipinski definition) is 2. The van der Waals surface area contributed by atoms with Crippen LogP contribution in [0.3, 0.4) is 0 Å². The van der Waals surface area contributed by atoms with E-state index in [9.17, 15) is 18.3 Å². The fraction of sp³-hybridized carbons (Fsp3) is 0.545. The number of aliphatic hydroxyl groups is 1. The first-order valence-electron chi connectivity index (χ1n) is 5.46. The standard InChI is InChI=1S/C11H13F3N2OS/c12-11(13,14)8-1-2-9(15-5-8)16-6-10(17)3-4-18-7-10/h1-2,5,17H,3-4,6-7H2,(H,15,16)/t10-/m0/s1. The highest BCUT2D eigenvalue weighted by atomic mass is 32.2. The fourth-order valence-corrected chi connectivity index (χ4v) is 2.95. The molecule has 0 saturated carbocycles. The van der Waals surface area contributed by atoms with Gasteiger partial charge in [0.15, 0.2) is 0 Å². The van der Waals surface area contributed by atoms with E-state index in [4.69, 9.17) is 0 Å². The molecule has 0 bridgehead atoms. The number of anilines is 1. The Hall–Kier alpha value is -0.950. The van der Waals surface area contributed by atoms with Gasteiger partial charge in [0.1, 0.15) is 5.82 Å². The van der Waals surface area contributed by atoms with Crippen LogP contribution in [-0.2, 0) is 6.18 Å². The van der Waals surface area contributed by atoms with Crippen LogP contribution < -0.4 is 5.32 Å². The smallest absolute Gasteiger partial charge is 0.387 e. The number of pyridine rings is 1. The largest absolute Gasteiger partial charge is 0.417 e. The van der Waals surface area contributed by atoms with Gasteiger partial charge in [-0.25, -0.2) is 4.98 Å². The van der Waals surface area contributed by atoms with Crippen LogP contribution in [-0.4, -0.2) is 33.7 Å². The third kappa shape index (κ3) is 3.29. The highest BCUT2D eigenvalue weighted by Crippen LogP contribution is 2.30. The van der Waals surface area contributed by atoms with Crippen molar-refractivity contribution in [3.05, 3.63) is 23.9 Å². The van der Waals surface area contributed by atoms with Crippen molar-refractivity contribution in [2.75, 3.05) is 23.4 Å². The Morgan fingerprint density at radius 1 is 1.44 bits per heavy atom. The Bertz CT molecular complexity index is 402. The third-order valence-electron chi connectivity index (χ3n) is 2.77. The first-order chi connectivity index (χ1) is 8.39. The molecule has 7 heteroatoms. The van der Waals surface area contributed by atoms with E-state index in [2.05, 4.69) is 10.3 Å². The van der Waals surface area contributed by atoms with Crippen LogP contribution in [0, 0.1) is 0 Å². The van der Waals surface area contributed by atoms with Gasteiger partial charge in [0.2, 0.25) is 0 Å². The summed E-state index contributed by atoms with van der Waals surface area (Å²) in [4.78, 5) is 3.69. The lowest BCUT2D eigenvalue weighted by Crippen LogP contribution is -2.36. The van der Waals surface area contributed by atoms with E-state index in [-0.39, 0.29) is 0 Å². The van der Waals surface area contributed by atoms with E-state index in [0.717, 1.165) is 18.0 Å². The molecule has 1 aromatic heterocycles. The maximum absolute atomic E-state index is 12.3. The van der Waals surface area contributed by atoms with Crippen molar-refractivity contribution in [2.45, 2.75) is 18.2 Å². The first kappa shape index (κ1) is 13.5. The van der Waals surface area contributed by atoms with Crippen molar-refractivity contribution in [2.24, 2.45) is 0 Å². The second kappa shape index (κ2) is 4.97. The number of halogens is 3. The van der Waals surface area contributed by atoms with Gasteiger partial charge in [-0.2, -0.15) is 24.9 Å². The molecule has 1 aliphatic rings. The molecule has 1 aliphatic heterocycles. The summed E-state index contributed by atoms with van der Waals surface area (Å²) in [6.45, 7) is 0.304. The number of nitrogens with one attached hydrogen (secondary N) is 1. The predicted molar refractivity (Wildman–Crippen MR) is 64.6 cm³/mol. The van der Waals surface area contributed by atoms with Gasteiger partial charge in [0, 0.05) is 18.5 Å². The lowest BCUT2D eigenvalue weighted by Gasteiger charge is -2.21. The highest BCUT2D eigenvalue weighted by Gasteiger charge is 2.32. The Morgan fingerprint density at radius 2 is 2.22 bits per heavy atom. The Balaban J connectivity index is 1.94. The minimum atomic E-state index is -4.37. The monoisotopic (exact) mass is 278 g/mol. The van der Waals surface area contributed by atoms with Gasteiger partial charge >= 0.3 is 6.18 Å². The topological polar surface area (TPSA) is 45.1 Å². The Kier molecular flexibility index (Phi) is 3.72. The van der Waals surface area contributed by atoms with E-state index in [1.165, 1.54) is 6.07 Å². The molecule has 1 atom stereocenters. The van der Waals surface area contributed by atoms with E-state index in [1.807, 2.05) is 0 Å². The summed E-state index contributed by atoms with van der Waals surface area (Å²) < 4.78 is 36.9. The van der Waals surface area contributed by atoms with E-state index < -0.39 is 17.3 Å². The van der Waals surface area contributed by atoms with Crippen molar-refractivity contribution >= 4 is 17.6 Å². The summed E-state index contributed by atoms with van der Waals surface area (Å²) in [6, 6.07) is 2.25. The zero-order chi connectivity index (χ0) is 13.2. The van der Waals surface area contributed by atoms with Gasteiger partial charge < -0.3 is 10.4 Å². The van der Waals surface area contributed by atoms with E-state index in [0.29, 0.717) is 24.5 Å². The molecular weight excluding hydrogens is 265 g/mol. The summed E-state index contributed by atoms with van der Waals surface area (Å²) in [6.07, 6.45) is -2.90. The zero-order valence-electron chi connectivity index (χ0n) is 9.50. The van der Waals surface area contributed by atoms with Gasteiger partial charge in [0.25, 0.3) is 0 Å². The average molecular weight is 278 g/mol. The second-order valence-corrected chi connectivity index (χ2v) is 5.42. The minimum Gasteiger partial charge on any atom is -0.387 e. The number of alkyl halides is 3. The molecule has 0 unspecified atom stereocenters. The molecule has 1 aromatic rings. The summed E-state index contributed by atoms with van der Waals surface area (Å²) in [5.41, 5.74) is -1.56. The van der Waals surface area contributed by atoms with Crippen molar-refractivity contribution in [3.8, 4) is 0 Å². The lowest BCUT2D eigenvalue weighted by molar-refractivity contribution is -0.137. The molecule has 1 fully saturated rings. The van der Waals surface area contributed by atoms with Gasteiger partial charge in [-0.15, -0.1) is 0 Å². The molecule has 2 heterocycles. The maximum Gasteiger partial charge on any atom is 0.417 e. The summed E-state index contributed by atoms with van der Waals surface area (Å²) >= 11 is 1.66. The average Bonchev–Trinajstić information content (AvgIpc) is 2.74. The molecule has 1 saturated heterocycles. The molecule has 18 heavy (non-hydrogen) atoms. The van der Waals surface area contributed by atoms with Crippen LogP contribution in [0.4, 0.5) is 19.0 Å². The molecule has 2 rings (SSSR count). The molecular formula is C11H13F3N2OS. The lowest BCUT2D eigenvalue weighted by atomic mass is 10.0. The summed E-state index contributed by atoms with van der Waals surface area (Å²) in [5.74, 6) is 1.88. The summed E-state index contributed by atoms with van der Waals surface area (Å²) in [7, 11) is 0. The normalized spacial score (nSPS) is 24.2. The van der Waals surface area contributed by atoms with Crippen LogP contribution in [0.1, 0.15) is 12.0 Å². The van der Waals surface area contributed by atoms with Gasteiger partial charge in [-0.3, -0.25) is 0 Å².